The van der Waals surface area contributed by atoms with E-state index in [0.717, 1.165) is 25.3 Å². The zero-order chi connectivity index (χ0) is 13.9. The van der Waals surface area contributed by atoms with Crippen molar-refractivity contribution < 1.29 is 4.74 Å². The van der Waals surface area contributed by atoms with E-state index in [2.05, 4.69) is 36.3 Å². The number of hydrogen-bond donors (Lipinski definition) is 1. The predicted molar refractivity (Wildman–Crippen MR) is 82.6 cm³/mol. The molecule has 2 heterocycles. The largest absolute Gasteiger partial charge is 0.493 e. The van der Waals surface area contributed by atoms with Crippen LogP contribution in [0.1, 0.15) is 41.3 Å². The molecule has 0 bridgehead atoms. The van der Waals surface area contributed by atoms with E-state index in [4.69, 9.17) is 4.74 Å². The number of hydrogen-bond acceptors (Lipinski definition) is 4. The SMILES string of the molecule is CCNC(C)c1cnc(C2COc3ccccc3C2)s1. The highest BCUT2D eigenvalue weighted by Crippen LogP contribution is 2.34. The van der Waals surface area contributed by atoms with Gasteiger partial charge in [0.2, 0.25) is 0 Å². The summed E-state index contributed by atoms with van der Waals surface area (Å²) in [5.74, 6) is 1.42. The second-order valence-electron chi connectivity index (χ2n) is 5.20. The van der Waals surface area contributed by atoms with Crippen molar-refractivity contribution in [2.24, 2.45) is 0 Å². The van der Waals surface area contributed by atoms with E-state index in [1.807, 2.05) is 29.7 Å². The summed E-state index contributed by atoms with van der Waals surface area (Å²) < 4.78 is 5.86. The van der Waals surface area contributed by atoms with Gasteiger partial charge in [-0.2, -0.15) is 0 Å². The molecule has 0 amide bonds. The third-order valence-electron chi connectivity index (χ3n) is 3.71. The van der Waals surface area contributed by atoms with Gasteiger partial charge in [-0.05, 0) is 31.5 Å². The first kappa shape index (κ1) is 13.6. The quantitative estimate of drug-likeness (QED) is 0.934. The molecule has 0 saturated heterocycles. The molecule has 0 fully saturated rings. The first-order valence-electron chi connectivity index (χ1n) is 7.17. The number of para-hydroxylation sites is 1. The van der Waals surface area contributed by atoms with Gasteiger partial charge >= 0.3 is 0 Å². The Bertz CT molecular complexity index is 581. The van der Waals surface area contributed by atoms with Crippen LogP contribution in [-0.2, 0) is 6.42 Å². The van der Waals surface area contributed by atoms with Gasteiger partial charge in [-0.3, -0.25) is 0 Å². The normalized spacial score (nSPS) is 19.2. The second kappa shape index (κ2) is 5.94. The lowest BCUT2D eigenvalue weighted by Crippen LogP contribution is -2.19. The Morgan fingerprint density at radius 3 is 3.15 bits per heavy atom. The van der Waals surface area contributed by atoms with E-state index < -0.39 is 0 Å². The summed E-state index contributed by atoms with van der Waals surface area (Å²) in [6.45, 7) is 6.03. The molecule has 0 saturated carbocycles. The molecular weight excluding hydrogens is 268 g/mol. The van der Waals surface area contributed by atoms with Crippen molar-refractivity contribution in [2.45, 2.75) is 32.2 Å². The third-order valence-corrected chi connectivity index (χ3v) is 5.05. The molecule has 1 aliphatic rings. The van der Waals surface area contributed by atoms with Crippen LogP contribution in [0.3, 0.4) is 0 Å². The number of benzene rings is 1. The van der Waals surface area contributed by atoms with Gasteiger partial charge in [0.05, 0.1) is 11.6 Å². The van der Waals surface area contributed by atoms with E-state index in [1.165, 1.54) is 15.4 Å². The Kier molecular flexibility index (Phi) is 4.03. The molecular formula is C16H20N2OS. The topological polar surface area (TPSA) is 34.2 Å². The van der Waals surface area contributed by atoms with Crippen molar-refractivity contribution in [3.05, 3.63) is 45.9 Å². The first-order valence-corrected chi connectivity index (χ1v) is 7.99. The smallest absolute Gasteiger partial charge is 0.122 e. The molecule has 0 spiro atoms. The molecule has 2 unspecified atom stereocenters. The average Bonchev–Trinajstić information content (AvgIpc) is 2.97. The molecule has 3 nitrogen and oxygen atoms in total. The molecule has 20 heavy (non-hydrogen) atoms. The summed E-state index contributed by atoms with van der Waals surface area (Å²) in [6.07, 6.45) is 3.03. The standard InChI is InChI=1S/C16H20N2OS/c1-3-17-11(2)15-9-18-16(20-15)13-8-12-6-4-5-7-14(12)19-10-13/h4-7,9,11,13,17H,3,8,10H2,1-2H3. The zero-order valence-electron chi connectivity index (χ0n) is 11.9. The molecule has 1 aromatic heterocycles. The number of nitrogens with zero attached hydrogens (tertiary/aromatic N) is 1. The fourth-order valence-corrected chi connectivity index (χ4v) is 3.61. The highest BCUT2D eigenvalue weighted by molar-refractivity contribution is 7.11. The number of thiazole rings is 1. The van der Waals surface area contributed by atoms with E-state index in [-0.39, 0.29) is 0 Å². The van der Waals surface area contributed by atoms with Crippen LogP contribution in [0, 0.1) is 0 Å². The van der Waals surface area contributed by atoms with Crippen LogP contribution in [0.2, 0.25) is 0 Å². The van der Waals surface area contributed by atoms with Crippen LogP contribution in [-0.4, -0.2) is 18.1 Å². The molecule has 106 valence electrons. The van der Waals surface area contributed by atoms with Crippen LogP contribution in [0.5, 0.6) is 5.75 Å². The fourth-order valence-electron chi connectivity index (χ4n) is 2.58. The maximum Gasteiger partial charge on any atom is 0.122 e. The highest BCUT2D eigenvalue weighted by atomic mass is 32.1. The second-order valence-corrected chi connectivity index (χ2v) is 6.29. The minimum atomic E-state index is 0.378. The van der Waals surface area contributed by atoms with Gasteiger partial charge in [-0.15, -0.1) is 11.3 Å². The van der Waals surface area contributed by atoms with Crippen molar-refractivity contribution in [1.82, 2.24) is 10.3 Å². The summed E-state index contributed by atoms with van der Waals surface area (Å²) in [6, 6.07) is 8.68. The van der Waals surface area contributed by atoms with Gasteiger partial charge in [-0.1, -0.05) is 25.1 Å². The minimum absolute atomic E-state index is 0.378. The van der Waals surface area contributed by atoms with Crippen LogP contribution in [0.15, 0.2) is 30.5 Å². The van der Waals surface area contributed by atoms with Gasteiger partial charge < -0.3 is 10.1 Å². The maximum atomic E-state index is 5.86. The lowest BCUT2D eigenvalue weighted by Gasteiger charge is -2.23. The van der Waals surface area contributed by atoms with E-state index in [1.54, 1.807) is 0 Å². The molecule has 1 aromatic carbocycles. The molecule has 1 N–H and O–H groups in total. The molecule has 1 aliphatic heterocycles. The molecule has 0 aliphatic carbocycles. The summed E-state index contributed by atoms with van der Waals surface area (Å²) >= 11 is 1.81. The Balaban J connectivity index is 1.75. The third kappa shape index (κ3) is 2.72. The van der Waals surface area contributed by atoms with Crippen LogP contribution < -0.4 is 10.1 Å². The lowest BCUT2D eigenvalue weighted by molar-refractivity contribution is 0.262. The van der Waals surface area contributed by atoms with E-state index in [9.17, 15) is 0 Å². The first-order chi connectivity index (χ1) is 9.78. The lowest BCUT2D eigenvalue weighted by atomic mass is 9.97. The van der Waals surface area contributed by atoms with E-state index >= 15 is 0 Å². The van der Waals surface area contributed by atoms with Gasteiger partial charge in [0.25, 0.3) is 0 Å². The summed E-state index contributed by atoms with van der Waals surface area (Å²) in [5.41, 5.74) is 1.29. The van der Waals surface area contributed by atoms with Crippen molar-refractivity contribution in [3.63, 3.8) is 0 Å². The van der Waals surface area contributed by atoms with Crippen molar-refractivity contribution in [1.29, 1.82) is 0 Å². The molecule has 2 atom stereocenters. The molecule has 0 radical (unpaired) electrons. The monoisotopic (exact) mass is 288 g/mol. The maximum absolute atomic E-state index is 5.86. The summed E-state index contributed by atoms with van der Waals surface area (Å²) in [5, 5.41) is 4.63. The van der Waals surface area contributed by atoms with Crippen molar-refractivity contribution >= 4 is 11.3 Å². The summed E-state index contributed by atoms with van der Waals surface area (Å²) in [7, 11) is 0. The molecule has 2 aromatic rings. The highest BCUT2D eigenvalue weighted by Gasteiger charge is 2.24. The van der Waals surface area contributed by atoms with Crippen LogP contribution in [0.25, 0.3) is 0 Å². The summed E-state index contributed by atoms with van der Waals surface area (Å²) in [4.78, 5) is 5.92. The van der Waals surface area contributed by atoms with Crippen LogP contribution >= 0.6 is 11.3 Å². The van der Waals surface area contributed by atoms with Gasteiger partial charge in [0.1, 0.15) is 5.75 Å². The van der Waals surface area contributed by atoms with Gasteiger partial charge in [0, 0.05) is 23.0 Å². The van der Waals surface area contributed by atoms with Crippen LogP contribution in [0.4, 0.5) is 0 Å². The number of nitrogens with one attached hydrogen (secondary N) is 1. The Morgan fingerprint density at radius 2 is 2.30 bits per heavy atom. The number of aromatic nitrogens is 1. The molecule has 4 heteroatoms. The Hall–Kier alpha value is -1.39. The molecule has 3 rings (SSSR count). The Labute approximate surface area is 124 Å². The fraction of sp³-hybridized carbons (Fsp3) is 0.438. The van der Waals surface area contributed by atoms with Gasteiger partial charge in [0.15, 0.2) is 0 Å². The Morgan fingerprint density at radius 1 is 1.45 bits per heavy atom. The number of ether oxygens (including phenoxy) is 1. The average molecular weight is 288 g/mol. The van der Waals surface area contributed by atoms with Crippen molar-refractivity contribution in [3.8, 4) is 5.75 Å². The van der Waals surface area contributed by atoms with Crippen molar-refractivity contribution in [2.75, 3.05) is 13.2 Å². The number of rotatable bonds is 4. The number of fused-ring (bicyclic) bond motifs is 1. The minimum Gasteiger partial charge on any atom is -0.493 e. The zero-order valence-corrected chi connectivity index (χ0v) is 12.7. The van der Waals surface area contributed by atoms with E-state index in [0.29, 0.717) is 12.0 Å². The predicted octanol–water partition coefficient (Wildman–Crippen LogP) is 3.53. The van der Waals surface area contributed by atoms with Gasteiger partial charge in [-0.25, -0.2) is 4.98 Å².